The van der Waals surface area contributed by atoms with E-state index in [-0.39, 0.29) is 5.43 Å². The fraction of sp³-hybridized carbons (Fsp3) is 0.188. The second kappa shape index (κ2) is 3.85. The van der Waals surface area contributed by atoms with Gasteiger partial charge in [-0.15, -0.1) is 0 Å². The van der Waals surface area contributed by atoms with Crippen molar-refractivity contribution >= 4 is 27.6 Å². The zero-order valence-electron chi connectivity index (χ0n) is 10.3. The molecule has 0 saturated heterocycles. The van der Waals surface area contributed by atoms with Crippen LogP contribution in [0.2, 0.25) is 0 Å². The minimum atomic E-state index is 0.00940. The quantitative estimate of drug-likeness (QED) is 0.708. The lowest BCUT2D eigenvalue weighted by molar-refractivity contribution is 0.617. The molecule has 1 saturated carbocycles. The SMILES string of the molecule is O=c1cc(NC2CC2)oc2c1ccc1ccccc12. The summed E-state index contributed by atoms with van der Waals surface area (Å²) < 4.78 is 5.90. The van der Waals surface area contributed by atoms with Gasteiger partial charge in [-0.3, -0.25) is 4.79 Å². The van der Waals surface area contributed by atoms with Crippen LogP contribution in [0.3, 0.4) is 0 Å². The molecule has 94 valence electrons. The predicted molar refractivity (Wildman–Crippen MR) is 76.6 cm³/mol. The molecular weight excluding hydrogens is 238 g/mol. The van der Waals surface area contributed by atoms with E-state index in [4.69, 9.17) is 4.42 Å². The summed E-state index contributed by atoms with van der Waals surface area (Å²) in [4.78, 5) is 12.1. The summed E-state index contributed by atoms with van der Waals surface area (Å²) in [6, 6.07) is 13.8. The van der Waals surface area contributed by atoms with Gasteiger partial charge in [0, 0.05) is 17.5 Å². The molecule has 0 atom stereocenters. The maximum Gasteiger partial charge on any atom is 0.197 e. The van der Waals surface area contributed by atoms with Gasteiger partial charge in [-0.05, 0) is 24.3 Å². The van der Waals surface area contributed by atoms with Gasteiger partial charge in [0.1, 0.15) is 5.58 Å². The van der Waals surface area contributed by atoms with Crippen molar-refractivity contribution in [3.05, 3.63) is 52.7 Å². The molecular formula is C16H13NO2. The second-order valence-corrected chi connectivity index (χ2v) is 5.06. The highest BCUT2D eigenvalue weighted by Gasteiger charge is 2.22. The van der Waals surface area contributed by atoms with E-state index in [1.807, 2.05) is 36.4 Å². The average molecular weight is 251 g/mol. The Morgan fingerprint density at radius 2 is 1.89 bits per heavy atom. The number of anilines is 1. The van der Waals surface area contributed by atoms with Crippen molar-refractivity contribution in [1.82, 2.24) is 0 Å². The zero-order chi connectivity index (χ0) is 12.8. The highest BCUT2D eigenvalue weighted by molar-refractivity contribution is 6.04. The van der Waals surface area contributed by atoms with Crippen LogP contribution >= 0.6 is 0 Å². The molecule has 2 aromatic carbocycles. The van der Waals surface area contributed by atoms with Gasteiger partial charge in [0.2, 0.25) is 0 Å². The minimum absolute atomic E-state index is 0.00940. The van der Waals surface area contributed by atoms with E-state index in [0.717, 1.165) is 23.6 Å². The van der Waals surface area contributed by atoms with Crippen LogP contribution in [-0.2, 0) is 0 Å². The van der Waals surface area contributed by atoms with E-state index >= 15 is 0 Å². The van der Waals surface area contributed by atoms with Crippen LogP contribution in [0.1, 0.15) is 12.8 Å². The molecule has 1 N–H and O–H groups in total. The maximum atomic E-state index is 12.1. The van der Waals surface area contributed by atoms with Gasteiger partial charge in [-0.25, -0.2) is 0 Å². The first kappa shape index (κ1) is 10.6. The summed E-state index contributed by atoms with van der Waals surface area (Å²) in [5, 5.41) is 5.95. The molecule has 19 heavy (non-hydrogen) atoms. The van der Waals surface area contributed by atoms with Crippen molar-refractivity contribution < 1.29 is 4.42 Å². The summed E-state index contributed by atoms with van der Waals surface area (Å²) in [6.07, 6.45) is 2.30. The molecule has 0 bridgehead atoms. The lowest BCUT2D eigenvalue weighted by atomic mass is 10.1. The molecule has 0 unspecified atom stereocenters. The molecule has 1 aromatic heterocycles. The Labute approximate surface area is 109 Å². The number of fused-ring (bicyclic) bond motifs is 3. The molecule has 1 fully saturated rings. The Hall–Kier alpha value is -2.29. The number of benzene rings is 2. The molecule has 0 aliphatic heterocycles. The lowest BCUT2D eigenvalue weighted by Gasteiger charge is -2.06. The normalized spacial score (nSPS) is 14.9. The number of rotatable bonds is 2. The Bertz CT molecular complexity index is 831. The Morgan fingerprint density at radius 3 is 2.74 bits per heavy atom. The van der Waals surface area contributed by atoms with Crippen LogP contribution in [0.4, 0.5) is 5.88 Å². The van der Waals surface area contributed by atoms with Gasteiger partial charge < -0.3 is 9.73 Å². The second-order valence-electron chi connectivity index (χ2n) is 5.06. The maximum absolute atomic E-state index is 12.1. The van der Waals surface area contributed by atoms with Gasteiger partial charge >= 0.3 is 0 Å². The van der Waals surface area contributed by atoms with Gasteiger partial charge in [-0.2, -0.15) is 0 Å². The Morgan fingerprint density at radius 1 is 1.05 bits per heavy atom. The van der Waals surface area contributed by atoms with Gasteiger partial charge in [0.05, 0.1) is 5.39 Å². The van der Waals surface area contributed by atoms with E-state index in [2.05, 4.69) is 5.32 Å². The first-order valence-electron chi connectivity index (χ1n) is 6.53. The molecule has 3 nitrogen and oxygen atoms in total. The predicted octanol–water partition coefficient (Wildman–Crippen LogP) is 3.52. The lowest BCUT2D eigenvalue weighted by Crippen LogP contribution is -2.06. The largest absolute Gasteiger partial charge is 0.440 e. The minimum Gasteiger partial charge on any atom is -0.440 e. The van der Waals surface area contributed by atoms with E-state index in [1.54, 1.807) is 6.07 Å². The van der Waals surface area contributed by atoms with Crippen LogP contribution in [0, 0.1) is 0 Å². The van der Waals surface area contributed by atoms with Crippen LogP contribution in [0.25, 0.3) is 21.7 Å². The number of nitrogens with one attached hydrogen (secondary N) is 1. The zero-order valence-corrected chi connectivity index (χ0v) is 10.3. The van der Waals surface area contributed by atoms with Crippen LogP contribution in [-0.4, -0.2) is 6.04 Å². The van der Waals surface area contributed by atoms with Gasteiger partial charge in [0.15, 0.2) is 11.3 Å². The van der Waals surface area contributed by atoms with Crippen molar-refractivity contribution in [3.8, 4) is 0 Å². The summed E-state index contributed by atoms with van der Waals surface area (Å²) >= 11 is 0. The number of hydrogen-bond donors (Lipinski definition) is 1. The first-order chi connectivity index (χ1) is 9.31. The molecule has 3 aromatic rings. The topological polar surface area (TPSA) is 42.2 Å². The fourth-order valence-electron chi connectivity index (χ4n) is 2.38. The van der Waals surface area contributed by atoms with E-state index in [9.17, 15) is 4.79 Å². The van der Waals surface area contributed by atoms with Gasteiger partial charge in [0.25, 0.3) is 0 Å². The third-order valence-corrected chi connectivity index (χ3v) is 3.54. The smallest absolute Gasteiger partial charge is 0.197 e. The molecule has 1 aliphatic rings. The summed E-state index contributed by atoms with van der Waals surface area (Å²) in [7, 11) is 0. The van der Waals surface area contributed by atoms with Gasteiger partial charge in [-0.1, -0.05) is 30.3 Å². The average Bonchev–Trinajstić information content (AvgIpc) is 3.22. The standard InChI is InChI=1S/C16H13NO2/c18-14-9-15(17-11-6-7-11)19-16-12-4-2-1-3-10(12)5-8-13(14)16/h1-5,8-9,11,17H,6-7H2. The summed E-state index contributed by atoms with van der Waals surface area (Å²) in [5.74, 6) is 0.580. The molecule has 1 aliphatic carbocycles. The summed E-state index contributed by atoms with van der Waals surface area (Å²) in [6.45, 7) is 0. The van der Waals surface area contributed by atoms with E-state index in [1.165, 1.54) is 0 Å². The van der Waals surface area contributed by atoms with Crippen molar-refractivity contribution in [3.63, 3.8) is 0 Å². The highest BCUT2D eigenvalue weighted by atomic mass is 16.3. The van der Waals surface area contributed by atoms with Crippen molar-refractivity contribution in [2.45, 2.75) is 18.9 Å². The Kier molecular flexibility index (Phi) is 2.15. The number of hydrogen-bond acceptors (Lipinski definition) is 3. The van der Waals surface area contributed by atoms with E-state index < -0.39 is 0 Å². The van der Waals surface area contributed by atoms with Crippen LogP contribution in [0.5, 0.6) is 0 Å². The highest BCUT2D eigenvalue weighted by Crippen LogP contribution is 2.28. The van der Waals surface area contributed by atoms with Crippen molar-refractivity contribution in [2.24, 2.45) is 0 Å². The monoisotopic (exact) mass is 251 g/mol. The third kappa shape index (κ3) is 1.78. The first-order valence-corrected chi connectivity index (χ1v) is 6.53. The van der Waals surface area contributed by atoms with E-state index in [0.29, 0.717) is 22.9 Å². The van der Waals surface area contributed by atoms with Crippen molar-refractivity contribution in [2.75, 3.05) is 5.32 Å². The fourth-order valence-corrected chi connectivity index (χ4v) is 2.38. The molecule has 4 rings (SSSR count). The third-order valence-electron chi connectivity index (χ3n) is 3.54. The molecule has 0 spiro atoms. The molecule has 3 heteroatoms. The summed E-state index contributed by atoms with van der Waals surface area (Å²) in [5.41, 5.74) is 0.684. The molecule has 0 amide bonds. The Balaban J connectivity index is 2.04. The van der Waals surface area contributed by atoms with Crippen LogP contribution < -0.4 is 10.7 Å². The molecule has 1 heterocycles. The van der Waals surface area contributed by atoms with Crippen LogP contribution in [0.15, 0.2) is 51.7 Å². The molecule has 0 radical (unpaired) electrons. The van der Waals surface area contributed by atoms with Crippen molar-refractivity contribution in [1.29, 1.82) is 0 Å².